The molecular weight excluding hydrogens is 897 g/mol. The van der Waals surface area contributed by atoms with Gasteiger partial charge in [-0.1, -0.05) is 77.0 Å². The van der Waals surface area contributed by atoms with Crippen molar-refractivity contribution in [2.24, 2.45) is 5.73 Å². The first-order chi connectivity index (χ1) is 28.9. The molecule has 0 aromatic carbocycles. The molecule has 0 unspecified atom stereocenters. The van der Waals surface area contributed by atoms with Crippen molar-refractivity contribution in [1.29, 1.82) is 0 Å². The molecule has 0 aliphatic heterocycles. The number of aliphatic carboxylic acids is 2. The van der Waals surface area contributed by atoms with Crippen LogP contribution in [0.3, 0.4) is 0 Å². The zero-order valence-electron chi connectivity index (χ0n) is 35.6. The first kappa shape index (κ1) is 57.0. The van der Waals surface area contributed by atoms with Crippen LogP contribution in [0, 0.1) is 0 Å². The van der Waals surface area contributed by atoms with Crippen LogP contribution in [0.5, 0.6) is 0 Å². The average molecular weight is 972 g/mol. The number of ether oxygens (including phenoxy) is 4. The van der Waals surface area contributed by atoms with Crippen molar-refractivity contribution in [3.63, 3.8) is 0 Å². The third-order valence-electron chi connectivity index (χ3n) is 9.24. The monoisotopic (exact) mass is 971 g/mol. The first-order valence-electron chi connectivity index (χ1n) is 21.7. The van der Waals surface area contributed by atoms with E-state index in [-0.39, 0.29) is 119 Å². The van der Waals surface area contributed by atoms with Gasteiger partial charge in [-0.25, -0.2) is 4.79 Å². The molecule has 0 aromatic heterocycles. The maximum absolute atomic E-state index is 12.3. The highest BCUT2D eigenvalue weighted by atomic mass is 127. The lowest BCUT2D eigenvalue weighted by Crippen LogP contribution is -2.41. The summed E-state index contributed by atoms with van der Waals surface area (Å²) in [4.78, 5) is 81.4. The van der Waals surface area contributed by atoms with E-state index in [1.165, 1.54) is 44.9 Å². The zero-order valence-corrected chi connectivity index (χ0v) is 37.8. The van der Waals surface area contributed by atoms with Crippen molar-refractivity contribution in [3.05, 3.63) is 0 Å². The Balaban J connectivity index is 3.65. The van der Waals surface area contributed by atoms with Crippen molar-refractivity contribution in [1.82, 2.24) is 21.3 Å². The van der Waals surface area contributed by atoms with Gasteiger partial charge < -0.3 is 56.2 Å². The Morgan fingerprint density at radius 1 is 0.467 bits per heavy atom. The first-order valence-corrected chi connectivity index (χ1v) is 22.8. The predicted octanol–water partition coefficient (Wildman–Crippen LogP) is 3.54. The highest BCUT2D eigenvalue weighted by molar-refractivity contribution is 14.1. The minimum absolute atomic E-state index is 0.0272. The van der Waals surface area contributed by atoms with Gasteiger partial charge in [-0.2, -0.15) is 0 Å². The van der Waals surface area contributed by atoms with Crippen LogP contribution in [0.4, 0.5) is 0 Å². The lowest BCUT2D eigenvalue weighted by atomic mass is 10.0. The number of hydrogen-bond acceptors (Lipinski definition) is 12. The van der Waals surface area contributed by atoms with Crippen LogP contribution >= 0.6 is 22.6 Å². The van der Waals surface area contributed by atoms with E-state index < -0.39 is 24.0 Å². The number of carbonyl (C=O) groups excluding carboxylic acids is 5. The molecule has 348 valence electrons. The highest BCUT2D eigenvalue weighted by Gasteiger charge is 2.21. The van der Waals surface area contributed by atoms with Gasteiger partial charge in [0.2, 0.25) is 27.4 Å². The van der Waals surface area contributed by atoms with Gasteiger partial charge >= 0.3 is 11.9 Å². The molecule has 0 rings (SSSR count). The Labute approximate surface area is 369 Å². The summed E-state index contributed by atoms with van der Waals surface area (Å²) in [5.74, 6) is -3.15. The minimum atomic E-state index is -1.18. The van der Waals surface area contributed by atoms with E-state index in [2.05, 4.69) is 21.3 Å². The van der Waals surface area contributed by atoms with Gasteiger partial charge in [-0.05, 0) is 38.5 Å². The minimum Gasteiger partial charge on any atom is -0.481 e. The lowest BCUT2D eigenvalue weighted by molar-refractivity contribution is -0.142. The second-order valence-corrected chi connectivity index (χ2v) is 15.7. The van der Waals surface area contributed by atoms with Crippen molar-refractivity contribution in [2.75, 3.05) is 72.5 Å². The van der Waals surface area contributed by atoms with Crippen LogP contribution in [-0.4, -0.2) is 134 Å². The molecule has 0 saturated carbocycles. The molecule has 0 bridgehead atoms. The molecule has 0 fully saturated rings. The second-order valence-electron chi connectivity index (χ2n) is 14.6. The fourth-order valence-electron chi connectivity index (χ4n) is 5.80. The molecule has 18 nitrogen and oxygen atoms in total. The molecule has 19 heteroatoms. The summed E-state index contributed by atoms with van der Waals surface area (Å²) in [6.45, 7) is 2.02. The summed E-state index contributed by atoms with van der Waals surface area (Å²) in [5, 5.41) is 28.7. The van der Waals surface area contributed by atoms with Crippen molar-refractivity contribution in [2.45, 2.75) is 147 Å². The topological polar surface area (TPSA) is 271 Å². The fourth-order valence-corrected chi connectivity index (χ4v) is 6.11. The van der Waals surface area contributed by atoms with Crippen LogP contribution in [0.2, 0.25) is 0 Å². The highest BCUT2D eigenvalue weighted by Crippen LogP contribution is 2.14. The number of halogens is 1. The number of carboxylic acid groups (broad SMARTS) is 2. The van der Waals surface area contributed by atoms with Gasteiger partial charge in [0.15, 0.2) is 0 Å². The van der Waals surface area contributed by atoms with Crippen LogP contribution in [0.1, 0.15) is 135 Å². The summed E-state index contributed by atoms with van der Waals surface area (Å²) in [6, 6.07) is -1.61. The van der Waals surface area contributed by atoms with Crippen LogP contribution < -0.4 is 27.0 Å². The van der Waals surface area contributed by atoms with E-state index in [0.29, 0.717) is 19.4 Å². The van der Waals surface area contributed by atoms with E-state index in [1.807, 2.05) is 0 Å². The molecule has 0 radical (unpaired) electrons. The molecule has 0 aliphatic rings. The number of amides is 4. The summed E-state index contributed by atoms with van der Waals surface area (Å²) < 4.78 is 21.2. The SMILES string of the molecule is N[C@@H](CCCCNC(=O)COCCOCCNC(=O)COCCOCCNC(=O)CC[C@H](NC(=O)CCCCCCCCCCCCCCCCC(=O)O)C(=O)O)C(=O)I. The van der Waals surface area contributed by atoms with Crippen molar-refractivity contribution in [3.8, 4) is 0 Å². The van der Waals surface area contributed by atoms with E-state index in [1.54, 1.807) is 22.6 Å². The van der Waals surface area contributed by atoms with E-state index in [0.717, 1.165) is 51.4 Å². The Morgan fingerprint density at radius 2 is 0.900 bits per heavy atom. The smallest absolute Gasteiger partial charge is 0.326 e. The summed E-state index contributed by atoms with van der Waals surface area (Å²) in [6.07, 6.45) is 17.5. The molecule has 8 N–H and O–H groups in total. The van der Waals surface area contributed by atoms with Gasteiger partial charge in [-0.3, -0.25) is 28.8 Å². The number of hydrogen-bond donors (Lipinski definition) is 7. The fraction of sp³-hybridized carbons (Fsp3) is 0.829. The Hall–Kier alpha value is -2.98. The summed E-state index contributed by atoms with van der Waals surface area (Å²) >= 11 is 1.68. The third kappa shape index (κ3) is 40.4. The van der Waals surface area contributed by atoms with Gasteiger partial charge in [0.1, 0.15) is 19.3 Å². The van der Waals surface area contributed by atoms with Gasteiger partial charge in [0.25, 0.3) is 0 Å². The quantitative estimate of drug-likeness (QED) is 0.0262. The maximum atomic E-state index is 12.3. The average Bonchev–Trinajstić information content (AvgIpc) is 3.20. The maximum Gasteiger partial charge on any atom is 0.326 e. The van der Waals surface area contributed by atoms with Crippen molar-refractivity contribution < 1.29 is 62.7 Å². The molecule has 0 spiro atoms. The van der Waals surface area contributed by atoms with Gasteiger partial charge in [-0.15, -0.1) is 0 Å². The summed E-state index contributed by atoms with van der Waals surface area (Å²) in [7, 11) is 0. The molecule has 0 aromatic rings. The molecular formula is C41H74IN5O13. The standard InChI is InChI=1S/C41H74IN5O13/c42-40(54)33(43)17-15-16-22-44-37(50)31-59-29-28-58-26-24-46-38(51)32-60-30-27-57-25-23-45-35(48)21-20-34(41(55)56)47-36(49)18-13-11-9-7-5-3-1-2-4-6-8-10-12-14-19-39(52)53/h33-34H,1-32,43H2,(H,44,50)(H,45,48)(H,46,51)(H,47,49)(H,52,53)(H,55,56)/t33-,34-/m0/s1. The molecule has 2 atom stereocenters. The Bertz CT molecular complexity index is 1180. The number of nitrogens with one attached hydrogen (secondary N) is 4. The van der Waals surface area contributed by atoms with Crippen LogP contribution in [-0.2, 0) is 52.5 Å². The van der Waals surface area contributed by atoms with Crippen LogP contribution in [0.25, 0.3) is 0 Å². The number of unbranched alkanes of at least 4 members (excludes halogenated alkanes) is 14. The predicted molar refractivity (Wildman–Crippen MR) is 233 cm³/mol. The molecule has 4 amide bonds. The second kappa shape index (κ2) is 41.4. The number of nitrogens with two attached hydrogens (primary N) is 1. The Kier molecular flexibility index (Phi) is 39.3. The third-order valence-corrected chi connectivity index (χ3v) is 10.0. The van der Waals surface area contributed by atoms with Crippen LogP contribution in [0.15, 0.2) is 0 Å². The van der Waals surface area contributed by atoms with Gasteiger partial charge in [0, 0.05) is 61.5 Å². The molecule has 60 heavy (non-hydrogen) atoms. The largest absolute Gasteiger partial charge is 0.481 e. The van der Waals surface area contributed by atoms with E-state index in [9.17, 15) is 38.7 Å². The van der Waals surface area contributed by atoms with Gasteiger partial charge in [0.05, 0.1) is 45.7 Å². The number of carboxylic acids is 2. The van der Waals surface area contributed by atoms with E-state index >= 15 is 0 Å². The number of carbonyl (C=O) groups is 7. The Morgan fingerprint density at radius 3 is 1.37 bits per heavy atom. The lowest BCUT2D eigenvalue weighted by Gasteiger charge is -2.14. The number of rotatable bonds is 44. The molecule has 0 aliphatic carbocycles. The summed E-state index contributed by atoms with van der Waals surface area (Å²) in [5.41, 5.74) is 5.66. The van der Waals surface area contributed by atoms with E-state index in [4.69, 9.17) is 29.8 Å². The normalized spacial score (nSPS) is 12.0. The molecule has 0 saturated heterocycles. The molecule has 0 heterocycles. The van der Waals surface area contributed by atoms with Crippen molar-refractivity contribution >= 4 is 61.9 Å². The zero-order chi connectivity index (χ0) is 44.5.